The van der Waals surface area contributed by atoms with E-state index >= 15 is 0 Å². The maximum atomic E-state index is 10.9. The molecule has 4 aromatic rings. The summed E-state index contributed by atoms with van der Waals surface area (Å²) >= 11 is 6.32. The molecule has 2 aromatic carbocycles. The smallest absolute Gasteiger partial charge is 0.264 e. The van der Waals surface area contributed by atoms with E-state index in [1.807, 2.05) is 24.3 Å². The minimum Gasteiger partial charge on any atom is -0.378 e. The molecule has 0 saturated carbocycles. The number of piperazine rings is 1. The zero-order valence-corrected chi connectivity index (χ0v) is 26.4. The van der Waals surface area contributed by atoms with E-state index in [2.05, 4.69) is 64.6 Å². The summed E-state index contributed by atoms with van der Waals surface area (Å²) in [4.78, 5) is 17.2. The lowest BCUT2D eigenvalue weighted by molar-refractivity contribution is 0.0243. The molecule has 0 radical (unpaired) electrons. The molecule has 0 unspecified atom stereocenters. The number of rotatable bonds is 16. The fourth-order valence-corrected chi connectivity index (χ4v) is 5.61. The molecule has 2 aromatic heterocycles. The van der Waals surface area contributed by atoms with E-state index in [9.17, 15) is 8.42 Å². The van der Waals surface area contributed by atoms with Gasteiger partial charge in [-0.15, -0.1) is 0 Å². The summed E-state index contributed by atoms with van der Waals surface area (Å²) < 4.78 is 37.4. The summed E-state index contributed by atoms with van der Waals surface area (Å²) in [6, 6.07) is 18.6. The van der Waals surface area contributed by atoms with E-state index < -0.39 is 10.1 Å². The van der Waals surface area contributed by atoms with Crippen LogP contribution in [-0.4, -0.2) is 105 Å². The number of H-pyrrole nitrogens is 1. The van der Waals surface area contributed by atoms with Crippen LogP contribution in [0.5, 0.6) is 0 Å². The Morgan fingerprint density at radius 3 is 2.36 bits per heavy atom. The van der Waals surface area contributed by atoms with Crippen LogP contribution in [0.15, 0.2) is 60.9 Å². The van der Waals surface area contributed by atoms with E-state index in [4.69, 9.17) is 21.1 Å². The van der Waals surface area contributed by atoms with Crippen molar-refractivity contribution < 1.29 is 22.1 Å². The minimum atomic E-state index is -3.42. The molecule has 0 bridgehead atoms. The summed E-state index contributed by atoms with van der Waals surface area (Å²) in [7, 11) is -3.42. The monoisotopic (exact) mass is 642 g/mol. The molecule has 1 aliphatic heterocycles. The molecule has 1 fully saturated rings. The Kier molecular flexibility index (Phi) is 11.6. The number of nitrogens with one attached hydrogen (secondary N) is 2. The maximum absolute atomic E-state index is 10.9. The van der Waals surface area contributed by atoms with Crippen molar-refractivity contribution in [3.63, 3.8) is 0 Å². The van der Waals surface area contributed by atoms with Crippen LogP contribution in [0.4, 0.5) is 5.82 Å². The zero-order chi connectivity index (χ0) is 30.8. The third-order valence-electron chi connectivity index (χ3n) is 7.41. The zero-order valence-electron chi connectivity index (χ0n) is 24.9. The molecular formula is C31H39ClN6O5S. The Bertz CT molecular complexity index is 1590. The Morgan fingerprint density at radius 1 is 0.909 bits per heavy atom. The van der Waals surface area contributed by atoms with Crippen LogP contribution in [0.25, 0.3) is 22.3 Å². The molecule has 0 aliphatic carbocycles. The van der Waals surface area contributed by atoms with Crippen molar-refractivity contribution >= 4 is 38.6 Å². The molecule has 0 spiro atoms. The van der Waals surface area contributed by atoms with Crippen molar-refractivity contribution in [1.29, 1.82) is 0 Å². The molecule has 236 valence electrons. The highest BCUT2D eigenvalue weighted by molar-refractivity contribution is 7.85. The van der Waals surface area contributed by atoms with Gasteiger partial charge >= 0.3 is 0 Å². The van der Waals surface area contributed by atoms with Crippen molar-refractivity contribution in [3.05, 3.63) is 77.1 Å². The minimum absolute atomic E-state index is 0.0260. The molecule has 1 aliphatic rings. The first-order chi connectivity index (χ1) is 21.3. The highest BCUT2D eigenvalue weighted by Crippen LogP contribution is 2.28. The van der Waals surface area contributed by atoms with Gasteiger partial charge in [0.2, 0.25) is 0 Å². The van der Waals surface area contributed by atoms with E-state index in [0.717, 1.165) is 84.2 Å². The van der Waals surface area contributed by atoms with Crippen LogP contribution in [0.2, 0.25) is 5.02 Å². The van der Waals surface area contributed by atoms with Crippen molar-refractivity contribution in [2.24, 2.45) is 0 Å². The number of halogens is 1. The number of fused-ring (bicyclic) bond motifs is 1. The summed E-state index contributed by atoms with van der Waals surface area (Å²) in [5.41, 5.74) is 5.18. The predicted molar refractivity (Wildman–Crippen MR) is 172 cm³/mol. The number of ether oxygens (including phenoxy) is 2. The topological polar surface area (TPSA) is 122 Å². The second-order valence-corrected chi connectivity index (χ2v) is 12.7. The number of anilines is 1. The van der Waals surface area contributed by atoms with Crippen LogP contribution < -0.4 is 5.32 Å². The molecule has 13 heteroatoms. The Balaban J connectivity index is 1.03. The Labute approximate surface area is 263 Å². The highest BCUT2D eigenvalue weighted by Gasteiger charge is 2.17. The predicted octanol–water partition coefficient (Wildman–Crippen LogP) is 4.02. The summed E-state index contributed by atoms with van der Waals surface area (Å²) in [6.45, 7) is 8.18. The lowest BCUT2D eigenvalue weighted by atomic mass is 10.1. The van der Waals surface area contributed by atoms with E-state index in [0.29, 0.717) is 26.4 Å². The van der Waals surface area contributed by atoms with Crippen LogP contribution in [0, 0.1) is 0 Å². The lowest BCUT2D eigenvalue weighted by Gasteiger charge is -2.34. The van der Waals surface area contributed by atoms with Gasteiger partial charge in [-0.25, -0.2) is 9.97 Å². The van der Waals surface area contributed by atoms with Gasteiger partial charge in [0.05, 0.1) is 44.7 Å². The average molecular weight is 643 g/mol. The second kappa shape index (κ2) is 15.8. The molecule has 1 saturated heterocycles. The Hall–Kier alpha value is -3.10. The van der Waals surface area contributed by atoms with Gasteiger partial charge in [-0.3, -0.25) is 14.0 Å². The largest absolute Gasteiger partial charge is 0.378 e. The first kappa shape index (κ1) is 32.3. The van der Waals surface area contributed by atoms with Crippen LogP contribution in [-0.2, 0) is 36.9 Å². The third kappa shape index (κ3) is 9.70. The highest BCUT2D eigenvalue weighted by atomic mass is 35.5. The standard InChI is InChI=1S/C31H39ClN6O5S/c1-44(39,40)43-19-18-42-17-16-41-15-14-37-10-12-38(13-11-37)22-24-6-8-25(9-7-24)29-20-27-30(34-23-35-31(27)36-29)33-21-26-4-2-3-5-28(26)32/h2-9,20,23H,10-19,21-22H2,1H3,(H2,33,34,35,36). The molecule has 5 rings (SSSR count). The third-order valence-corrected chi connectivity index (χ3v) is 8.38. The normalized spacial score (nSPS) is 14.8. The van der Waals surface area contributed by atoms with Crippen LogP contribution >= 0.6 is 11.6 Å². The molecule has 44 heavy (non-hydrogen) atoms. The van der Waals surface area contributed by atoms with Gasteiger partial charge in [0, 0.05) is 56.5 Å². The van der Waals surface area contributed by atoms with E-state index in [-0.39, 0.29) is 13.2 Å². The van der Waals surface area contributed by atoms with Gasteiger partial charge in [0.15, 0.2) is 0 Å². The van der Waals surface area contributed by atoms with E-state index in [1.165, 1.54) is 5.56 Å². The number of hydrogen-bond donors (Lipinski definition) is 2. The SMILES string of the molecule is CS(=O)(=O)OCCOCCOCCN1CCN(Cc2ccc(-c3cc4c(NCc5ccccc5Cl)ncnc4[nH]3)cc2)CC1. The number of benzene rings is 2. The van der Waals surface area contributed by atoms with Gasteiger partial charge < -0.3 is 19.8 Å². The van der Waals surface area contributed by atoms with Gasteiger partial charge in [-0.05, 0) is 28.8 Å². The van der Waals surface area contributed by atoms with Crippen molar-refractivity contribution in [2.75, 3.05) is 77.3 Å². The first-order valence-corrected chi connectivity index (χ1v) is 16.9. The fraction of sp³-hybridized carbons (Fsp3) is 0.419. The van der Waals surface area contributed by atoms with Crippen molar-refractivity contribution in [1.82, 2.24) is 24.8 Å². The number of aromatic nitrogens is 3. The molecule has 2 N–H and O–H groups in total. The fourth-order valence-electron chi connectivity index (χ4n) is 5.04. The molecular weight excluding hydrogens is 604 g/mol. The van der Waals surface area contributed by atoms with Gasteiger partial charge in [0.25, 0.3) is 10.1 Å². The number of aromatic amines is 1. The maximum Gasteiger partial charge on any atom is 0.264 e. The quantitative estimate of drug-likeness (QED) is 0.137. The molecule has 0 amide bonds. The Morgan fingerprint density at radius 2 is 1.61 bits per heavy atom. The van der Waals surface area contributed by atoms with Gasteiger partial charge in [-0.1, -0.05) is 54.1 Å². The summed E-state index contributed by atoms with van der Waals surface area (Å²) in [5, 5.41) is 5.06. The van der Waals surface area contributed by atoms with Crippen molar-refractivity contribution in [2.45, 2.75) is 13.1 Å². The average Bonchev–Trinajstić information content (AvgIpc) is 3.46. The summed E-state index contributed by atoms with van der Waals surface area (Å²) in [5.74, 6) is 0.767. The van der Waals surface area contributed by atoms with Crippen molar-refractivity contribution in [3.8, 4) is 11.3 Å². The van der Waals surface area contributed by atoms with Gasteiger partial charge in [-0.2, -0.15) is 8.42 Å². The lowest BCUT2D eigenvalue weighted by Crippen LogP contribution is -2.46. The summed E-state index contributed by atoms with van der Waals surface area (Å²) in [6.07, 6.45) is 2.59. The second-order valence-electron chi connectivity index (χ2n) is 10.7. The number of hydrogen-bond acceptors (Lipinski definition) is 10. The molecule has 11 nitrogen and oxygen atoms in total. The van der Waals surface area contributed by atoms with Crippen LogP contribution in [0.1, 0.15) is 11.1 Å². The molecule has 3 heterocycles. The van der Waals surface area contributed by atoms with Gasteiger partial charge in [0.1, 0.15) is 17.8 Å². The van der Waals surface area contributed by atoms with Crippen LogP contribution in [0.3, 0.4) is 0 Å². The number of nitrogens with zero attached hydrogens (tertiary/aromatic N) is 4. The first-order valence-electron chi connectivity index (χ1n) is 14.7. The van der Waals surface area contributed by atoms with E-state index in [1.54, 1.807) is 6.33 Å². The molecule has 0 atom stereocenters.